The Morgan fingerprint density at radius 3 is 3.00 bits per heavy atom. The molecular weight excluding hydrogens is 130 g/mol. The van der Waals surface area contributed by atoms with Crippen LogP contribution in [0.4, 0.5) is 0 Å². The van der Waals surface area contributed by atoms with E-state index in [2.05, 4.69) is 12.1 Å². The van der Waals surface area contributed by atoms with Crippen LogP contribution in [0.25, 0.3) is 0 Å². The van der Waals surface area contributed by atoms with Gasteiger partial charge >= 0.3 is 0 Å². The molecule has 2 heteroatoms. The van der Waals surface area contributed by atoms with Crippen LogP contribution in [0.3, 0.4) is 0 Å². The van der Waals surface area contributed by atoms with Gasteiger partial charge in [-0.15, -0.1) is 11.8 Å². The number of hydrogen-bond acceptors (Lipinski definition) is 2. The fourth-order valence-corrected chi connectivity index (χ4v) is 1.92. The molecule has 1 heterocycles. The zero-order chi connectivity index (χ0) is 6.32. The van der Waals surface area contributed by atoms with Crippen molar-refractivity contribution in [1.82, 2.24) is 0 Å². The van der Waals surface area contributed by atoms with Crippen LogP contribution in [0.5, 0.6) is 0 Å². The summed E-state index contributed by atoms with van der Waals surface area (Å²) in [6, 6.07) is 2.28. The summed E-state index contributed by atoms with van der Waals surface area (Å²) in [6.45, 7) is 0. The van der Waals surface area contributed by atoms with Gasteiger partial charge in [-0.2, -0.15) is 5.26 Å². The predicted octanol–water partition coefficient (Wildman–Crippen LogP) is 1.49. The van der Waals surface area contributed by atoms with Gasteiger partial charge in [0.15, 0.2) is 0 Å². The Morgan fingerprint density at radius 2 is 2.44 bits per heavy atom. The monoisotopic (exact) mass is 135 g/mol. The Bertz CT molecular complexity index is 236. The first-order valence-corrected chi connectivity index (χ1v) is 3.70. The lowest BCUT2D eigenvalue weighted by Gasteiger charge is -1.96. The largest absolute Gasteiger partial charge is 0.196 e. The number of allylic oxidation sites excluding steroid dienone is 2. The van der Waals surface area contributed by atoms with Crippen molar-refractivity contribution in [3.05, 3.63) is 24.3 Å². The summed E-state index contributed by atoms with van der Waals surface area (Å²) in [4.78, 5) is 0. The van der Waals surface area contributed by atoms with Gasteiger partial charge in [0.25, 0.3) is 0 Å². The zero-order valence-corrected chi connectivity index (χ0v) is 5.56. The van der Waals surface area contributed by atoms with E-state index in [0.717, 1.165) is 0 Å². The van der Waals surface area contributed by atoms with E-state index in [4.69, 9.17) is 5.26 Å². The first-order chi connectivity index (χ1) is 4.37. The van der Waals surface area contributed by atoms with Crippen molar-refractivity contribution in [2.24, 2.45) is 0 Å². The Hall–Kier alpha value is -0.680. The molecule has 0 saturated carbocycles. The van der Waals surface area contributed by atoms with Gasteiger partial charge in [0.1, 0.15) is 4.75 Å². The fraction of sp³-hybridized carbons (Fsp3) is 0.286. The molecule has 0 N–H and O–H groups in total. The summed E-state index contributed by atoms with van der Waals surface area (Å²) in [5, 5.41) is 9.09. The van der Waals surface area contributed by atoms with E-state index in [9.17, 15) is 0 Å². The smallest absolute Gasteiger partial charge is 0.137 e. The van der Waals surface area contributed by atoms with E-state index < -0.39 is 0 Å². The lowest BCUT2D eigenvalue weighted by molar-refractivity contribution is 1.03. The van der Waals surface area contributed by atoms with Crippen LogP contribution in [0, 0.1) is 11.3 Å². The SMILES string of the molecule is N#CC12C=CC=CC1S2. The molecule has 0 bridgehead atoms. The van der Waals surface area contributed by atoms with Crippen LogP contribution in [0.2, 0.25) is 0 Å². The minimum Gasteiger partial charge on any atom is -0.196 e. The first kappa shape index (κ1) is 5.13. The van der Waals surface area contributed by atoms with Crippen molar-refractivity contribution >= 4 is 11.8 Å². The number of hydrogen-bond donors (Lipinski definition) is 0. The number of nitriles is 1. The topological polar surface area (TPSA) is 23.8 Å². The van der Waals surface area contributed by atoms with E-state index in [1.54, 1.807) is 11.8 Å². The van der Waals surface area contributed by atoms with Gasteiger partial charge in [-0.3, -0.25) is 0 Å². The highest BCUT2D eigenvalue weighted by atomic mass is 32.2. The molecule has 44 valence electrons. The van der Waals surface area contributed by atoms with E-state index in [1.807, 2.05) is 18.2 Å². The summed E-state index contributed by atoms with van der Waals surface area (Å²) in [6.07, 6.45) is 8.00. The number of fused-ring (bicyclic) bond motifs is 1. The highest BCUT2D eigenvalue weighted by Crippen LogP contribution is 2.56. The van der Waals surface area contributed by atoms with Gasteiger partial charge in [0, 0.05) is 0 Å². The van der Waals surface area contributed by atoms with Crippen LogP contribution >= 0.6 is 11.8 Å². The highest BCUT2D eigenvalue weighted by Gasteiger charge is 2.53. The average Bonchev–Trinajstić information content (AvgIpc) is 2.62. The van der Waals surface area contributed by atoms with Crippen molar-refractivity contribution in [3.8, 4) is 6.07 Å². The van der Waals surface area contributed by atoms with Gasteiger partial charge < -0.3 is 0 Å². The summed E-state index contributed by atoms with van der Waals surface area (Å²) in [5.41, 5.74) is 0. The standard InChI is InChI=1S/C7H5NS/c8-5-7-4-2-1-3-6(7)9-7/h1-4,6H. The molecule has 0 amide bonds. The molecule has 2 rings (SSSR count). The molecule has 0 aromatic heterocycles. The van der Waals surface area contributed by atoms with Crippen molar-refractivity contribution < 1.29 is 0 Å². The van der Waals surface area contributed by atoms with E-state index >= 15 is 0 Å². The maximum Gasteiger partial charge on any atom is 0.137 e. The minimum atomic E-state index is -0.158. The van der Waals surface area contributed by atoms with Crippen LogP contribution in [0.1, 0.15) is 0 Å². The fourth-order valence-electron chi connectivity index (χ4n) is 0.983. The highest BCUT2D eigenvalue weighted by molar-refractivity contribution is 8.09. The molecule has 0 aromatic rings. The van der Waals surface area contributed by atoms with Crippen molar-refractivity contribution in [1.29, 1.82) is 5.26 Å². The van der Waals surface area contributed by atoms with Crippen molar-refractivity contribution in [2.75, 3.05) is 0 Å². The molecule has 1 nitrogen and oxygen atoms in total. The molecule has 1 saturated heterocycles. The van der Waals surface area contributed by atoms with Crippen molar-refractivity contribution in [2.45, 2.75) is 10.00 Å². The van der Waals surface area contributed by atoms with Crippen molar-refractivity contribution in [3.63, 3.8) is 0 Å². The van der Waals surface area contributed by atoms with Gasteiger partial charge in [0.2, 0.25) is 0 Å². The molecule has 1 aliphatic heterocycles. The van der Waals surface area contributed by atoms with E-state index in [0.29, 0.717) is 5.25 Å². The lowest BCUT2D eigenvalue weighted by atomic mass is 10.0. The van der Waals surface area contributed by atoms with Crippen LogP contribution < -0.4 is 0 Å². The quantitative estimate of drug-likeness (QED) is 0.470. The Morgan fingerprint density at radius 1 is 1.56 bits per heavy atom. The molecule has 2 aliphatic rings. The summed E-state index contributed by atoms with van der Waals surface area (Å²) < 4.78 is -0.158. The van der Waals surface area contributed by atoms with Gasteiger partial charge in [-0.05, 0) is 0 Å². The first-order valence-electron chi connectivity index (χ1n) is 2.82. The molecule has 2 atom stereocenters. The van der Waals surface area contributed by atoms with E-state index in [-0.39, 0.29) is 4.75 Å². The summed E-state index contributed by atoms with van der Waals surface area (Å²) in [7, 11) is 0. The summed E-state index contributed by atoms with van der Waals surface area (Å²) in [5.74, 6) is 0. The number of nitrogens with zero attached hydrogens (tertiary/aromatic N) is 1. The van der Waals surface area contributed by atoms with Crippen LogP contribution in [-0.4, -0.2) is 10.00 Å². The maximum atomic E-state index is 8.64. The second-order valence-corrected chi connectivity index (χ2v) is 3.61. The molecule has 1 fully saturated rings. The molecule has 9 heavy (non-hydrogen) atoms. The maximum absolute atomic E-state index is 8.64. The lowest BCUT2D eigenvalue weighted by Crippen LogP contribution is -2.07. The number of rotatable bonds is 0. The third-order valence-corrected chi connectivity index (χ3v) is 3.00. The third-order valence-electron chi connectivity index (χ3n) is 1.60. The van der Waals surface area contributed by atoms with Crippen LogP contribution in [-0.2, 0) is 0 Å². The number of thioether (sulfide) groups is 1. The van der Waals surface area contributed by atoms with Gasteiger partial charge in [0.05, 0.1) is 11.3 Å². The molecular formula is C7H5NS. The van der Waals surface area contributed by atoms with E-state index in [1.165, 1.54) is 0 Å². The molecule has 0 spiro atoms. The second kappa shape index (κ2) is 1.43. The summed E-state index contributed by atoms with van der Waals surface area (Å²) >= 11 is 1.71. The van der Waals surface area contributed by atoms with Gasteiger partial charge in [-0.25, -0.2) is 0 Å². The molecule has 1 aliphatic carbocycles. The third kappa shape index (κ3) is 0.555. The average molecular weight is 135 g/mol. The Balaban J connectivity index is 2.35. The minimum absolute atomic E-state index is 0.158. The Labute approximate surface area is 58.1 Å². The van der Waals surface area contributed by atoms with Gasteiger partial charge in [-0.1, -0.05) is 24.3 Å². The molecule has 2 unspecified atom stereocenters. The normalized spacial score (nSPS) is 43.7. The Kier molecular flexibility index (Phi) is 0.813. The second-order valence-electron chi connectivity index (χ2n) is 2.19. The predicted molar refractivity (Wildman–Crippen MR) is 38.0 cm³/mol. The van der Waals surface area contributed by atoms with Crippen LogP contribution in [0.15, 0.2) is 24.3 Å². The zero-order valence-electron chi connectivity index (χ0n) is 4.74. The molecule has 0 radical (unpaired) electrons. The molecule has 0 aromatic carbocycles.